The fourth-order valence-corrected chi connectivity index (χ4v) is 3.10. The molecule has 0 aliphatic heterocycles. The molecule has 0 unspecified atom stereocenters. The van der Waals surface area contributed by atoms with Gasteiger partial charge in [-0.1, -0.05) is 12.1 Å². The molecule has 0 saturated carbocycles. The zero-order chi connectivity index (χ0) is 18.4. The lowest BCUT2D eigenvalue weighted by Gasteiger charge is -2.13. The molecule has 1 N–H and O–H groups in total. The van der Waals surface area contributed by atoms with E-state index in [0.717, 1.165) is 4.90 Å². The van der Waals surface area contributed by atoms with Crippen molar-refractivity contribution >= 4 is 29.4 Å². The second-order valence-electron chi connectivity index (χ2n) is 5.05. The molecule has 0 spiro atoms. The number of rotatable bonds is 7. The van der Waals surface area contributed by atoms with E-state index in [9.17, 15) is 9.90 Å². The summed E-state index contributed by atoms with van der Waals surface area (Å²) in [5.41, 5.74) is 1.38. The lowest BCUT2D eigenvalue weighted by atomic mass is 10.0. The molecule has 0 atom stereocenters. The molecule has 0 aliphatic carbocycles. The van der Waals surface area contributed by atoms with Crippen LogP contribution < -0.4 is 14.2 Å². The van der Waals surface area contributed by atoms with Gasteiger partial charge in [-0.05, 0) is 47.7 Å². The van der Waals surface area contributed by atoms with Crippen LogP contribution in [0.4, 0.5) is 0 Å². The van der Waals surface area contributed by atoms with Crippen LogP contribution in [0.2, 0.25) is 0 Å². The summed E-state index contributed by atoms with van der Waals surface area (Å²) in [5, 5.41) is 9.63. The Bertz CT molecular complexity index is 773. The second kappa shape index (κ2) is 8.48. The van der Waals surface area contributed by atoms with E-state index in [2.05, 4.69) is 0 Å². The highest BCUT2D eigenvalue weighted by Gasteiger charge is 2.15. The maximum atomic E-state index is 11.8. The van der Waals surface area contributed by atoms with Crippen LogP contribution in [0.5, 0.6) is 17.2 Å². The molecule has 0 amide bonds. The molecule has 0 fully saturated rings. The van der Waals surface area contributed by atoms with E-state index in [1.165, 1.54) is 11.8 Å². The van der Waals surface area contributed by atoms with Gasteiger partial charge in [-0.15, -0.1) is 11.8 Å². The number of methoxy groups -OCH3 is 3. The van der Waals surface area contributed by atoms with Gasteiger partial charge in [0.2, 0.25) is 0 Å². The highest BCUT2D eigenvalue weighted by Crippen LogP contribution is 2.38. The first-order chi connectivity index (χ1) is 12.0. The molecule has 132 valence electrons. The van der Waals surface area contributed by atoms with E-state index in [1.807, 2.05) is 6.26 Å². The fraction of sp³-hybridized carbons (Fsp3) is 0.211. The van der Waals surface area contributed by atoms with E-state index in [1.54, 1.807) is 63.8 Å². The quantitative estimate of drug-likeness (QED) is 0.456. The third-order valence-corrected chi connectivity index (χ3v) is 4.42. The van der Waals surface area contributed by atoms with Gasteiger partial charge >= 0.3 is 5.97 Å². The Morgan fingerprint density at radius 2 is 1.68 bits per heavy atom. The summed E-state index contributed by atoms with van der Waals surface area (Å²) >= 11 is 1.50. The monoisotopic (exact) mass is 360 g/mol. The number of aliphatic carboxylic acids is 1. The predicted octanol–water partition coefficient (Wildman–Crippen LogP) is 4.06. The number of hydrogen-bond donors (Lipinski definition) is 1. The first-order valence-electron chi connectivity index (χ1n) is 7.43. The van der Waals surface area contributed by atoms with E-state index >= 15 is 0 Å². The summed E-state index contributed by atoms with van der Waals surface area (Å²) in [5.74, 6) is 0.833. The van der Waals surface area contributed by atoms with Gasteiger partial charge in [-0.25, -0.2) is 4.79 Å². The SMILES string of the molecule is COc1cccc(/C(=C\c2cc(OC)c(SC)c(OC)c2)C(=O)O)c1. The number of carboxylic acids is 1. The lowest BCUT2D eigenvalue weighted by Crippen LogP contribution is -2.00. The molecule has 2 rings (SSSR count). The van der Waals surface area contributed by atoms with Crippen molar-refractivity contribution in [3.8, 4) is 17.2 Å². The Morgan fingerprint density at radius 3 is 2.16 bits per heavy atom. The number of thioether (sulfide) groups is 1. The van der Waals surface area contributed by atoms with Gasteiger partial charge in [0.1, 0.15) is 17.2 Å². The van der Waals surface area contributed by atoms with Gasteiger partial charge in [-0.3, -0.25) is 0 Å². The summed E-state index contributed by atoms with van der Waals surface area (Å²) in [4.78, 5) is 12.6. The van der Waals surface area contributed by atoms with Crippen LogP contribution in [0.1, 0.15) is 11.1 Å². The zero-order valence-electron chi connectivity index (χ0n) is 14.5. The number of carboxylic acid groups (broad SMARTS) is 1. The first kappa shape index (κ1) is 18.7. The van der Waals surface area contributed by atoms with Gasteiger partial charge in [0.05, 0.1) is 31.8 Å². The molecular formula is C19H20O5S. The van der Waals surface area contributed by atoms with Crippen LogP contribution in [-0.4, -0.2) is 38.7 Å². The molecule has 0 heterocycles. The van der Waals surface area contributed by atoms with Crippen LogP contribution in [0, 0.1) is 0 Å². The topological polar surface area (TPSA) is 65.0 Å². The summed E-state index contributed by atoms with van der Waals surface area (Å²) in [7, 11) is 4.68. The van der Waals surface area contributed by atoms with Crippen molar-refractivity contribution in [3.05, 3.63) is 47.5 Å². The Morgan fingerprint density at radius 1 is 1.04 bits per heavy atom. The minimum atomic E-state index is -1.03. The first-order valence-corrected chi connectivity index (χ1v) is 8.66. The number of hydrogen-bond acceptors (Lipinski definition) is 5. The van der Waals surface area contributed by atoms with Crippen molar-refractivity contribution in [2.75, 3.05) is 27.6 Å². The molecule has 6 heteroatoms. The highest BCUT2D eigenvalue weighted by molar-refractivity contribution is 7.98. The van der Waals surface area contributed by atoms with Crippen LogP contribution in [0.3, 0.4) is 0 Å². The third-order valence-electron chi connectivity index (χ3n) is 3.61. The number of ether oxygens (including phenoxy) is 3. The Labute approximate surface area is 151 Å². The van der Waals surface area contributed by atoms with Crippen LogP contribution in [0.15, 0.2) is 41.3 Å². The molecule has 0 aromatic heterocycles. The standard InChI is InChI=1S/C19H20O5S/c1-22-14-7-5-6-13(11-14)15(19(20)21)8-12-9-16(23-2)18(25-4)17(10-12)24-3/h5-11H,1-4H3,(H,20,21)/b15-8+. The van der Waals surface area contributed by atoms with Crippen molar-refractivity contribution in [2.24, 2.45) is 0 Å². The van der Waals surface area contributed by atoms with Crippen LogP contribution >= 0.6 is 11.8 Å². The van der Waals surface area contributed by atoms with Crippen molar-refractivity contribution in [1.82, 2.24) is 0 Å². The molecule has 0 bridgehead atoms. The second-order valence-corrected chi connectivity index (χ2v) is 5.87. The lowest BCUT2D eigenvalue weighted by molar-refractivity contribution is -0.130. The van der Waals surface area contributed by atoms with Crippen molar-refractivity contribution in [1.29, 1.82) is 0 Å². The molecule has 5 nitrogen and oxygen atoms in total. The largest absolute Gasteiger partial charge is 0.497 e. The minimum absolute atomic E-state index is 0.153. The molecule has 0 saturated heterocycles. The van der Waals surface area contributed by atoms with E-state index < -0.39 is 5.97 Å². The van der Waals surface area contributed by atoms with Gasteiger partial charge in [-0.2, -0.15) is 0 Å². The maximum absolute atomic E-state index is 11.8. The summed E-state index contributed by atoms with van der Waals surface area (Å²) in [6, 6.07) is 10.5. The fourth-order valence-electron chi connectivity index (χ4n) is 2.41. The Balaban J connectivity index is 2.59. The van der Waals surface area contributed by atoms with E-state index in [0.29, 0.717) is 28.4 Å². The zero-order valence-corrected chi connectivity index (χ0v) is 15.3. The number of benzene rings is 2. The average molecular weight is 360 g/mol. The maximum Gasteiger partial charge on any atom is 0.336 e. The minimum Gasteiger partial charge on any atom is -0.497 e. The normalized spacial score (nSPS) is 11.1. The van der Waals surface area contributed by atoms with Crippen LogP contribution in [-0.2, 0) is 4.79 Å². The molecule has 0 radical (unpaired) electrons. The van der Waals surface area contributed by atoms with Gasteiger partial charge in [0.25, 0.3) is 0 Å². The van der Waals surface area contributed by atoms with E-state index in [-0.39, 0.29) is 5.57 Å². The van der Waals surface area contributed by atoms with Gasteiger partial charge in [0.15, 0.2) is 0 Å². The smallest absolute Gasteiger partial charge is 0.336 e. The van der Waals surface area contributed by atoms with Crippen molar-refractivity contribution < 1.29 is 24.1 Å². The van der Waals surface area contributed by atoms with Crippen LogP contribution in [0.25, 0.3) is 11.6 Å². The molecule has 25 heavy (non-hydrogen) atoms. The summed E-state index contributed by atoms with van der Waals surface area (Å²) < 4.78 is 16.0. The van der Waals surface area contributed by atoms with E-state index in [4.69, 9.17) is 14.2 Å². The summed E-state index contributed by atoms with van der Waals surface area (Å²) in [6.45, 7) is 0. The Kier molecular flexibility index (Phi) is 6.36. The number of carbonyl (C=O) groups is 1. The van der Waals surface area contributed by atoms with Gasteiger partial charge in [0, 0.05) is 0 Å². The van der Waals surface area contributed by atoms with Crippen molar-refractivity contribution in [2.45, 2.75) is 4.90 Å². The third kappa shape index (κ3) is 4.28. The molecule has 0 aliphatic rings. The Hall–Kier alpha value is -2.60. The predicted molar refractivity (Wildman–Crippen MR) is 99.8 cm³/mol. The molecule has 2 aromatic carbocycles. The van der Waals surface area contributed by atoms with Crippen molar-refractivity contribution in [3.63, 3.8) is 0 Å². The average Bonchev–Trinajstić information content (AvgIpc) is 2.64. The molecule has 2 aromatic rings. The molecular weight excluding hydrogens is 340 g/mol. The van der Waals surface area contributed by atoms with Gasteiger partial charge < -0.3 is 19.3 Å². The highest BCUT2D eigenvalue weighted by atomic mass is 32.2. The summed E-state index contributed by atoms with van der Waals surface area (Å²) in [6.07, 6.45) is 3.51.